The summed E-state index contributed by atoms with van der Waals surface area (Å²) < 4.78 is 43.1. The van der Waals surface area contributed by atoms with Crippen LogP contribution >= 0.6 is 0 Å². The zero-order valence-electron chi connectivity index (χ0n) is 17.3. The third-order valence-electron chi connectivity index (χ3n) is 5.55. The molecule has 4 heterocycles. The largest absolute Gasteiger partial charge is 0.433 e. The number of aryl methyl sites for hydroxylation is 1. The Morgan fingerprint density at radius 1 is 1.23 bits per heavy atom. The highest BCUT2D eigenvalue weighted by molar-refractivity contribution is 5.94. The van der Waals surface area contributed by atoms with Gasteiger partial charge in [0.1, 0.15) is 5.69 Å². The predicted octanol–water partition coefficient (Wildman–Crippen LogP) is 3.55. The van der Waals surface area contributed by atoms with Crippen molar-refractivity contribution in [2.45, 2.75) is 44.8 Å². The molecule has 0 spiro atoms. The molecule has 0 unspecified atom stereocenters. The molecular weight excluding hydrogens is 411 g/mol. The smallest absolute Gasteiger partial charge is 0.330 e. The van der Waals surface area contributed by atoms with Crippen molar-refractivity contribution in [2.24, 2.45) is 7.05 Å². The first-order valence-electron chi connectivity index (χ1n) is 10.0. The molecule has 1 aliphatic rings. The number of amides is 1. The first kappa shape index (κ1) is 21.1. The summed E-state index contributed by atoms with van der Waals surface area (Å²) in [5.41, 5.74) is -0.180. The van der Waals surface area contributed by atoms with Crippen molar-refractivity contribution in [3.8, 4) is 0 Å². The number of rotatable bonds is 3. The highest BCUT2D eigenvalue weighted by Gasteiger charge is 2.37. The van der Waals surface area contributed by atoms with E-state index in [9.17, 15) is 22.8 Å². The normalized spacial score (nSPS) is 17.1. The first-order chi connectivity index (χ1) is 14.6. The average Bonchev–Trinajstić information content (AvgIpc) is 3.34. The molecule has 1 saturated heterocycles. The van der Waals surface area contributed by atoms with Crippen molar-refractivity contribution >= 4 is 11.6 Å². The van der Waals surface area contributed by atoms with Crippen LogP contribution in [0.2, 0.25) is 0 Å². The van der Waals surface area contributed by atoms with E-state index in [4.69, 9.17) is 0 Å². The summed E-state index contributed by atoms with van der Waals surface area (Å²) in [5.74, 6) is -0.529. The Morgan fingerprint density at radius 2 is 1.97 bits per heavy atom. The number of fused-ring (bicyclic) bond motifs is 1. The SMILES string of the molecule is CC(C)c1cc(C(F)(F)F)n2nc([C@H]3CCCN3C(=O)c3ccn(C)c(=O)c3)cc2n1. The van der Waals surface area contributed by atoms with Gasteiger partial charge in [0, 0.05) is 43.2 Å². The number of likely N-dealkylation sites (tertiary alicyclic amines) is 1. The van der Waals surface area contributed by atoms with Gasteiger partial charge >= 0.3 is 6.18 Å². The molecule has 31 heavy (non-hydrogen) atoms. The van der Waals surface area contributed by atoms with Gasteiger partial charge < -0.3 is 9.47 Å². The predicted molar refractivity (Wildman–Crippen MR) is 107 cm³/mol. The number of carbonyl (C=O) groups is 1. The van der Waals surface area contributed by atoms with E-state index >= 15 is 0 Å². The third kappa shape index (κ3) is 3.82. The lowest BCUT2D eigenvalue weighted by Crippen LogP contribution is -2.32. The highest BCUT2D eigenvalue weighted by Crippen LogP contribution is 2.35. The van der Waals surface area contributed by atoms with Crippen LogP contribution in [0.15, 0.2) is 35.3 Å². The molecule has 0 saturated carbocycles. The van der Waals surface area contributed by atoms with E-state index in [0.29, 0.717) is 30.8 Å². The molecule has 4 rings (SSSR count). The molecule has 0 bridgehead atoms. The Kier molecular flexibility index (Phi) is 5.10. The monoisotopic (exact) mass is 433 g/mol. The summed E-state index contributed by atoms with van der Waals surface area (Å²) in [6.45, 7) is 3.99. The van der Waals surface area contributed by atoms with Gasteiger partial charge in [0.15, 0.2) is 5.65 Å². The molecule has 0 N–H and O–H groups in total. The van der Waals surface area contributed by atoms with Crippen molar-refractivity contribution in [1.29, 1.82) is 0 Å². The topological polar surface area (TPSA) is 72.5 Å². The summed E-state index contributed by atoms with van der Waals surface area (Å²) >= 11 is 0. The van der Waals surface area contributed by atoms with Crippen LogP contribution in [-0.4, -0.2) is 36.5 Å². The number of nitrogens with zero attached hydrogens (tertiary/aromatic N) is 5. The molecule has 164 valence electrons. The fraction of sp³-hybridized carbons (Fsp3) is 0.429. The lowest BCUT2D eigenvalue weighted by molar-refractivity contribution is -0.142. The van der Waals surface area contributed by atoms with Crippen LogP contribution in [0.4, 0.5) is 13.2 Å². The van der Waals surface area contributed by atoms with Gasteiger partial charge in [0.05, 0.1) is 11.7 Å². The maximum atomic E-state index is 13.7. The molecule has 10 heteroatoms. The Balaban J connectivity index is 1.76. The Morgan fingerprint density at radius 3 is 2.61 bits per heavy atom. The van der Waals surface area contributed by atoms with Gasteiger partial charge in [-0.15, -0.1) is 0 Å². The number of pyridine rings is 1. The minimum absolute atomic E-state index is 0.0985. The lowest BCUT2D eigenvalue weighted by Gasteiger charge is -2.23. The van der Waals surface area contributed by atoms with Gasteiger partial charge in [-0.1, -0.05) is 13.8 Å². The molecule has 7 nitrogen and oxygen atoms in total. The van der Waals surface area contributed by atoms with E-state index in [0.717, 1.165) is 10.6 Å². The standard InChI is InChI=1S/C21H22F3N5O2/c1-12(2)14-10-17(21(22,23)24)29-18(25-14)11-15(26-29)16-5-4-7-28(16)20(31)13-6-8-27(3)19(30)9-13/h6,8-12,16H,4-5,7H2,1-3H3/t16-/m1/s1. The number of halogens is 3. The van der Waals surface area contributed by atoms with Gasteiger partial charge in [0.2, 0.25) is 0 Å². The average molecular weight is 433 g/mol. The van der Waals surface area contributed by atoms with Crippen LogP contribution in [0, 0.1) is 0 Å². The van der Waals surface area contributed by atoms with Crippen molar-refractivity contribution in [1.82, 2.24) is 24.1 Å². The van der Waals surface area contributed by atoms with Crippen molar-refractivity contribution in [3.05, 3.63) is 63.5 Å². The molecule has 1 fully saturated rings. The second-order valence-electron chi connectivity index (χ2n) is 8.08. The van der Waals surface area contributed by atoms with E-state index in [1.165, 1.54) is 22.9 Å². The van der Waals surface area contributed by atoms with E-state index < -0.39 is 17.9 Å². The molecule has 1 amide bonds. The quantitative estimate of drug-likeness (QED) is 0.633. The minimum atomic E-state index is -4.59. The van der Waals surface area contributed by atoms with E-state index in [1.807, 2.05) is 0 Å². The zero-order chi connectivity index (χ0) is 22.5. The van der Waals surface area contributed by atoms with Crippen molar-refractivity contribution in [2.75, 3.05) is 6.54 Å². The number of alkyl halides is 3. The number of aromatic nitrogens is 4. The molecule has 1 aliphatic heterocycles. The Hall–Kier alpha value is -3.17. The molecule has 0 aromatic carbocycles. The van der Waals surface area contributed by atoms with Crippen LogP contribution in [-0.2, 0) is 13.2 Å². The van der Waals surface area contributed by atoms with Crippen molar-refractivity contribution < 1.29 is 18.0 Å². The summed E-state index contributed by atoms with van der Waals surface area (Å²) in [4.78, 5) is 30.8. The molecular formula is C21H22F3N5O2. The van der Waals surface area contributed by atoms with Gasteiger partial charge in [-0.25, -0.2) is 9.50 Å². The lowest BCUT2D eigenvalue weighted by atomic mass is 10.1. The third-order valence-corrected chi connectivity index (χ3v) is 5.55. The van der Waals surface area contributed by atoms with Crippen LogP contribution in [0.3, 0.4) is 0 Å². The van der Waals surface area contributed by atoms with Gasteiger partial charge in [-0.05, 0) is 30.9 Å². The number of hydrogen-bond donors (Lipinski definition) is 0. The van der Waals surface area contributed by atoms with Gasteiger partial charge in [-0.3, -0.25) is 9.59 Å². The van der Waals surface area contributed by atoms with Gasteiger partial charge in [0.25, 0.3) is 11.5 Å². The zero-order valence-corrected chi connectivity index (χ0v) is 17.3. The van der Waals surface area contributed by atoms with Crippen LogP contribution in [0.5, 0.6) is 0 Å². The second-order valence-corrected chi connectivity index (χ2v) is 8.08. The fourth-order valence-electron chi connectivity index (χ4n) is 3.84. The summed E-state index contributed by atoms with van der Waals surface area (Å²) in [6, 6.07) is 4.87. The molecule has 3 aromatic heterocycles. The molecule has 1 atom stereocenters. The maximum absolute atomic E-state index is 13.7. The Labute approximate surface area is 176 Å². The molecule has 0 radical (unpaired) electrons. The Bertz CT molecular complexity index is 1210. The van der Waals surface area contributed by atoms with E-state index in [-0.39, 0.29) is 28.6 Å². The summed E-state index contributed by atoms with van der Waals surface area (Å²) in [5, 5.41) is 4.19. The molecule has 0 aliphatic carbocycles. The van der Waals surface area contributed by atoms with E-state index in [1.54, 1.807) is 31.9 Å². The van der Waals surface area contributed by atoms with Crippen LogP contribution < -0.4 is 5.56 Å². The summed E-state index contributed by atoms with van der Waals surface area (Å²) in [6.07, 6.45) is -1.83. The second kappa shape index (κ2) is 7.51. The van der Waals surface area contributed by atoms with Crippen LogP contribution in [0.25, 0.3) is 5.65 Å². The van der Waals surface area contributed by atoms with Crippen molar-refractivity contribution in [3.63, 3.8) is 0 Å². The number of carbonyl (C=O) groups excluding carboxylic acids is 1. The molecule has 3 aromatic rings. The fourth-order valence-corrected chi connectivity index (χ4v) is 3.84. The van der Waals surface area contributed by atoms with Gasteiger partial charge in [-0.2, -0.15) is 18.3 Å². The van der Waals surface area contributed by atoms with Crippen LogP contribution in [0.1, 0.15) is 66.1 Å². The minimum Gasteiger partial charge on any atom is -0.330 e. The highest BCUT2D eigenvalue weighted by atomic mass is 19.4. The van der Waals surface area contributed by atoms with E-state index in [2.05, 4.69) is 10.1 Å². The first-order valence-corrected chi connectivity index (χ1v) is 10.0. The maximum Gasteiger partial charge on any atom is 0.433 e. The number of hydrogen-bond acceptors (Lipinski definition) is 4. The summed E-state index contributed by atoms with van der Waals surface area (Å²) in [7, 11) is 1.59.